The zero-order valence-electron chi connectivity index (χ0n) is 10.8. The van der Waals surface area contributed by atoms with Crippen LogP contribution in [0.1, 0.15) is 39.5 Å². The monoisotopic (exact) mass is 278 g/mol. The molecule has 0 aliphatic carbocycles. The zero-order valence-corrected chi connectivity index (χ0v) is 11.6. The molecule has 0 fully saturated rings. The lowest BCUT2D eigenvalue weighted by molar-refractivity contribution is 0.0653. The number of halogens is 1. The van der Waals surface area contributed by atoms with Crippen molar-refractivity contribution in [3.8, 4) is 5.75 Å². The van der Waals surface area contributed by atoms with Crippen LogP contribution in [0.5, 0.6) is 5.75 Å². The first-order valence-electron chi connectivity index (χ1n) is 6.25. The molecule has 0 bridgehead atoms. The minimum absolute atomic E-state index is 0.155. The molecule has 2 nitrogen and oxygen atoms in total. The van der Waals surface area contributed by atoms with Gasteiger partial charge in [-0.05, 0) is 38.1 Å². The van der Waals surface area contributed by atoms with Crippen molar-refractivity contribution in [1.82, 2.24) is 0 Å². The third-order valence-corrected chi connectivity index (χ3v) is 4.45. The minimum Gasteiger partial charge on any atom is -0.485 e. The van der Waals surface area contributed by atoms with Crippen molar-refractivity contribution in [2.24, 2.45) is 0 Å². The zero-order chi connectivity index (χ0) is 13.6. The van der Waals surface area contributed by atoms with Crippen molar-refractivity contribution in [3.63, 3.8) is 0 Å². The molecule has 2 heterocycles. The fraction of sp³-hybridized carbons (Fsp3) is 0.333. The summed E-state index contributed by atoms with van der Waals surface area (Å²) in [6, 6.07) is 6.40. The molecular formula is C15H15FO2S. The van der Waals surface area contributed by atoms with E-state index in [-0.39, 0.29) is 11.9 Å². The first-order valence-corrected chi connectivity index (χ1v) is 7.07. The van der Waals surface area contributed by atoms with Crippen LogP contribution in [-0.2, 0) is 0 Å². The Hall–Kier alpha value is -1.39. The number of hydrogen-bond donors (Lipinski definition) is 1. The normalized spacial score (nSPS) is 21.9. The molecule has 19 heavy (non-hydrogen) atoms. The fourth-order valence-corrected chi connectivity index (χ4v) is 3.56. The summed E-state index contributed by atoms with van der Waals surface area (Å²) >= 11 is 1.73. The van der Waals surface area contributed by atoms with Crippen molar-refractivity contribution >= 4 is 11.3 Å². The number of aliphatic hydroxyl groups excluding tert-OH is 1. The Balaban J connectivity index is 1.97. The summed E-state index contributed by atoms with van der Waals surface area (Å²) in [4.78, 5) is 2.44. The van der Waals surface area contributed by atoms with Crippen LogP contribution in [0.2, 0.25) is 0 Å². The third kappa shape index (κ3) is 2.26. The smallest absolute Gasteiger partial charge is 0.128 e. The summed E-state index contributed by atoms with van der Waals surface area (Å²) in [6.45, 7) is 4.12. The molecule has 2 aromatic rings. The van der Waals surface area contributed by atoms with Gasteiger partial charge < -0.3 is 9.84 Å². The summed E-state index contributed by atoms with van der Waals surface area (Å²) in [7, 11) is 0. The molecule has 1 N–H and O–H groups in total. The summed E-state index contributed by atoms with van der Waals surface area (Å²) in [6.07, 6.45) is -0.366. The lowest BCUT2D eigenvalue weighted by atomic mass is 9.95. The van der Waals surface area contributed by atoms with E-state index >= 15 is 0 Å². The van der Waals surface area contributed by atoms with Gasteiger partial charge in [0.15, 0.2) is 0 Å². The lowest BCUT2D eigenvalue weighted by Gasteiger charge is -2.29. The molecule has 2 atom stereocenters. The largest absolute Gasteiger partial charge is 0.485 e. The standard InChI is InChI=1S/C15H15FO2S/c1-8-5-11(9(2)19-8)15-7-13(17)12-6-10(16)3-4-14(12)18-15/h3-6,13,15,17H,7H2,1-2H3. The van der Waals surface area contributed by atoms with Gasteiger partial charge in [0, 0.05) is 27.3 Å². The highest BCUT2D eigenvalue weighted by Crippen LogP contribution is 2.42. The Morgan fingerprint density at radius 1 is 1.26 bits per heavy atom. The minimum atomic E-state index is -0.677. The predicted octanol–water partition coefficient (Wildman–Crippen LogP) is 4.06. The fourth-order valence-electron chi connectivity index (χ4n) is 2.58. The van der Waals surface area contributed by atoms with E-state index in [9.17, 15) is 9.50 Å². The SMILES string of the molecule is Cc1cc(C2CC(O)c3cc(F)ccc3O2)c(C)s1. The van der Waals surface area contributed by atoms with Crippen LogP contribution in [0.25, 0.3) is 0 Å². The van der Waals surface area contributed by atoms with E-state index in [1.54, 1.807) is 17.4 Å². The highest BCUT2D eigenvalue weighted by Gasteiger charge is 2.29. The number of rotatable bonds is 1. The van der Waals surface area contributed by atoms with E-state index in [1.807, 2.05) is 0 Å². The van der Waals surface area contributed by atoms with Gasteiger partial charge in [-0.25, -0.2) is 4.39 Å². The number of fused-ring (bicyclic) bond motifs is 1. The molecule has 1 aliphatic rings. The van der Waals surface area contributed by atoms with Crippen molar-refractivity contribution in [3.05, 3.63) is 51.0 Å². The van der Waals surface area contributed by atoms with Gasteiger partial charge in [0.2, 0.25) is 0 Å². The Labute approximate surface area is 115 Å². The first-order chi connectivity index (χ1) is 9.04. The molecule has 0 saturated carbocycles. The van der Waals surface area contributed by atoms with Crippen LogP contribution in [0.4, 0.5) is 4.39 Å². The maximum atomic E-state index is 13.2. The van der Waals surface area contributed by atoms with Gasteiger partial charge in [-0.2, -0.15) is 0 Å². The van der Waals surface area contributed by atoms with Crippen LogP contribution in [0, 0.1) is 19.7 Å². The molecule has 1 aromatic heterocycles. The molecule has 3 rings (SSSR count). The molecule has 1 aliphatic heterocycles. The van der Waals surface area contributed by atoms with Gasteiger partial charge in [-0.15, -0.1) is 11.3 Å². The first kappa shape index (κ1) is 12.6. The molecule has 0 amide bonds. The maximum Gasteiger partial charge on any atom is 0.128 e. The van der Waals surface area contributed by atoms with Crippen molar-refractivity contribution in [2.75, 3.05) is 0 Å². The van der Waals surface area contributed by atoms with E-state index in [0.29, 0.717) is 17.7 Å². The van der Waals surface area contributed by atoms with Crippen molar-refractivity contribution in [2.45, 2.75) is 32.5 Å². The number of ether oxygens (including phenoxy) is 1. The molecule has 0 radical (unpaired) electrons. The molecule has 0 spiro atoms. The summed E-state index contributed by atoms with van der Waals surface area (Å²) in [5.74, 6) is 0.232. The van der Waals surface area contributed by atoms with Crippen molar-refractivity contribution < 1.29 is 14.2 Å². The quantitative estimate of drug-likeness (QED) is 0.852. The molecule has 0 saturated heterocycles. The van der Waals surface area contributed by atoms with Crippen molar-refractivity contribution in [1.29, 1.82) is 0 Å². The van der Waals surface area contributed by atoms with E-state index < -0.39 is 6.10 Å². The Bertz CT molecular complexity index is 621. The third-order valence-electron chi connectivity index (χ3n) is 3.46. The van der Waals surface area contributed by atoms with Crippen LogP contribution < -0.4 is 4.74 Å². The lowest BCUT2D eigenvalue weighted by Crippen LogP contribution is -2.19. The van der Waals surface area contributed by atoms with Crippen LogP contribution in [-0.4, -0.2) is 5.11 Å². The van der Waals surface area contributed by atoms with E-state index in [0.717, 1.165) is 5.56 Å². The highest BCUT2D eigenvalue weighted by molar-refractivity contribution is 7.12. The average Bonchev–Trinajstić information content (AvgIpc) is 2.69. The molecule has 4 heteroatoms. The summed E-state index contributed by atoms with van der Waals surface area (Å²) in [5, 5.41) is 10.2. The number of hydrogen-bond acceptors (Lipinski definition) is 3. The van der Waals surface area contributed by atoms with Crippen LogP contribution in [0.3, 0.4) is 0 Å². The summed E-state index contributed by atoms with van der Waals surface area (Å²) < 4.78 is 19.1. The second-order valence-corrected chi connectivity index (χ2v) is 6.37. The van der Waals surface area contributed by atoms with Gasteiger partial charge in [0.1, 0.15) is 17.7 Å². The van der Waals surface area contributed by atoms with E-state index in [2.05, 4.69) is 19.9 Å². The Kier molecular flexibility index (Phi) is 3.07. The molecule has 100 valence electrons. The van der Waals surface area contributed by atoms with Gasteiger partial charge in [-0.1, -0.05) is 0 Å². The second-order valence-electron chi connectivity index (χ2n) is 4.91. The number of aryl methyl sites for hydroxylation is 2. The maximum absolute atomic E-state index is 13.2. The second kappa shape index (κ2) is 4.62. The van der Waals surface area contributed by atoms with E-state index in [1.165, 1.54) is 21.9 Å². The van der Waals surface area contributed by atoms with Crippen LogP contribution in [0.15, 0.2) is 24.3 Å². The van der Waals surface area contributed by atoms with Gasteiger partial charge >= 0.3 is 0 Å². The Morgan fingerprint density at radius 2 is 2.05 bits per heavy atom. The average molecular weight is 278 g/mol. The predicted molar refractivity (Wildman–Crippen MR) is 73.1 cm³/mol. The van der Waals surface area contributed by atoms with E-state index in [4.69, 9.17) is 4.74 Å². The highest BCUT2D eigenvalue weighted by atomic mass is 32.1. The number of benzene rings is 1. The molecule has 2 unspecified atom stereocenters. The molecule has 1 aromatic carbocycles. The number of thiophene rings is 1. The van der Waals surface area contributed by atoms with Gasteiger partial charge in [0.25, 0.3) is 0 Å². The van der Waals surface area contributed by atoms with Gasteiger partial charge in [0.05, 0.1) is 6.10 Å². The Morgan fingerprint density at radius 3 is 2.74 bits per heavy atom. The van der Waals surface area contributed by atoms with Crippen LogP contribution >= 0.6 is 11.3 Å². The van der Waals surface area contributed by atoms with Gasteiger partial charge in [-0.3, -0.25) is 0 Å². The molecular weight excluding hydrogens is 263 g/mol. The summed E-state index contributed by atoms with van der Waals surface area (Å²) in [5.41, 5.74) is 1.66. The topological polar surface area (TPSA) is 29.5 Å². The number of aliphatic hydroxyl groups is 1.